The molecule has 19 heavy (non-hydrogen) atoms. The summed E-state index contributed by atoms with van der Waals surface area (Å²) in [6, 6.07) is 0.466. The summed E-state index contributed by atoms with van der Waals surface area (Å²) in [6.07, 6.45) is 3.77. The van der Waals surface area contributed by atoms with Gasteiger partial charge in [-0.05, 0) is 38.8 Å². The zero-order valence-corrected chi connectivity index (χ0v) is 11.5. The molecular formula is C13H21N3O3. The van der Waals surface area contributed by atoms with Gasteiger partial charge in [0.05, 0.1) is 6.61 Å². The number of piperidine rings is 1. The minimum Gasteiger partial charge on any atom is -0.461 e. The molecule has 1 fully saturated rings. The number of nitrogens with zero attached hydrogens (tertiary/aromatic N) is 2. The summed E-state index contributed by atoms with van der Waals surface area (Å²) >= 11 is 0. The largest absolute Gasteiger partial charge is 0.461 e. The molecule has 1 aromatic rings. The quantitative estimate of drug-likeness (QED) is 0.811. The molecule has 6 nitrogen and oxygen atoms in total. The first-order chi connectivity index (χ1) is 9.20. The lowest BCUT2D eigenvalue weighted by Crippen LogP contribution is -2.37. The summed E-state index contributed by atoms with van der Waals surface area (Å²) in [5.41, 5.74) is 0.227. The predicted octanol–water partition coefficient (Wildman–Crippen LogP) is 1.29. The first-order valence-electron chi connectivity index (χ1n) is 6.75. The van der Waals surface area contributed by atoms with E-state index < -0.39 is 5.97 Å². The molecule has 0 aromatic carbocycles. The van der Waals surface area contributed by atoms with Crippen LogP contribution in [0, 0.1) is 5.92 Å². The smallest absolute Gasteiger partial charge is 0.360 e. The van der Waals surface area contributed by atoms with E-state index in [9.17, 15) is 4.79 Å². The van der Waals surface area contributed by atoms with Crippen molar-refractivity contribution in [1.29, 1.82) is 0 Å². The number of rotatable bonds is 5. The summed E-state index contributed by atoms with van der Waals surface area (Å²) in [5.74, 6) is 0.155. The number of oxazole rings is 1. The van der Waals surface area contributed by atoms with Gasteiger partial charge in [0.2, 0.25) is 0 Å². The Bertz CT molecular complexity index is 413. The molecule has 106 valence electrons. The Kier molecular flexibility index (Phi) is 4.79. The van der Waals surface area contributed by atoms with Gasteiger partial charge < -0.3 is 19.4 Å². The Balaban J connectivity index is 1.91. The number of esters is 1. The van der Waals surface area contributed by atoms with Crippen molar-refractivity contribution in [2.75, 3.05) is 38.2 Å². The van der Waals surface area contributed by atoms with Gasteiger partial charge in [-0.1, -0.05) is 0 Å². The van der Waals surface area contributed by atoms with E-state index in [1.807, 2.05) is 11.9 Å². The van der Waals surface area contributed by atoms with Gasteiger partial charge in [-0.3, -0.25) is 0 Å². The lowest BCUT2D eigenvalue weighted by Gasteiger charge is -2.26. The molecular weight excluding hydrogens is 246 g/mol. The zero-order valence-electron chi connectivity index (χ0n) is 11.5. The first-order valence-corrected chi connectivity index (χ1v) is 6.75. The number of ether oxygens (including phenoxy) is 1. The van der Waals surface area contributed by atoms with E-state index in [0.717, 1.165) is 19.6 Å². The fourth-order valence-corrected chi connectivity index (χ4v) is 2.28. The monoisotopic (exact) mass is 267 g/mol. The van der Waals surface area contributed by atoms with Crippen molar-refractivity contribution >= 4 is 12.0 Å². The molecule has 6 heteroatoms. The van der Waals surface area contributed by atoms with Crippen molar-refractivity contribution in [1.82, 2.24) is 10.3 Å². The topological polar surface area (TPSA) is 67.6 Å². The highest BCUT2D eigenvalue weighted by atomic mass is 16.5. The van der Waals surface area contributed by atoms with Crippen LogP contribution in [-0.4, -0.2) is 44.2 Å². The third-order valence-electron chi connectivity index (χ3n) is 3.23. The zero-order chi connectivity index (χ0) is 13.7. The van der Waals surface area contributed by atoms with Crippen LogP contribution in [-0.2, 0) is 4.74 Å². The Morgan fingerprint density at radius 1 is 1.68 bits per heavy atom. The maximum absolute atomic E-state index is 11.5. The van der Waals surface area contributed by atoms with Crippen molar-refractivity contribution < 1.29 is 13.9 Å². The molecule has 1 atom stereocenters. The maximum atomic E-state index is 11.5. The van der Waals surface area contributed by atoms with E-state index in [1.54, 1.807) is 6.92 Å². The van der Waals surface area contributed by atoms with E-state index in [0.29, 0.717) is 18.5 Å². The number of carbonyl (C=O) groups excluding carboxylic acids is 1. The van der Waals surface area contributed by atoms with Crippen LogP contribution in [0.1, 0.15) is 30.3 Å². The third kappa shape index (κ3) is 3.70. The summed E-state index contributed by atoms with van der Waals surface area (Å²) in [4.78, 5) is 17.6. The standard InChI is InChI=1S/C13H21N3O3/c1-3-18-12(17)11-9-19-13(15-11)16(2)8-10-5-4-6-14-7-10/h9-10,14H,3-8H2,1-2H3. The van der Waals surface area contributed by atoms with Crippen LogP contribution in [0.25, 0.3) is 0 Å². The van der Waals surface area contributed by atoms with Gasteiger partial charge in [0, 0.05) is 13.6 Å². The van der Waals surface area contributed by atoms with Crippen LogP contribution < -0.4 is 10.2 Å². The van der Waals surface area contributed by atoms with Crippen LogP contribution >= 0.6 is 0 Å². The molecule has 0 bridgehead atoms. The van der Waals surface area contributed by atoms with Gasteiger partial charge >= 0.3 is 5.97 Å². The molecule has 2 heterocycles. The molecule has 1 unspecified atom stereocenters. The Morgan fingerprint density at radius 2 is 2.53 bits per heavy atom. The fraction of sp³-hybridized carbons (Fsp3) is 0.692. The molecule has 1 saturated heterocycles. The molecule has 0 radical (unpaired) electrons. The molecule has 2 rings (SSSR count). The Hall–Kier alpha value is -1.56. The van der Waals surface area contributed by atoms with Crippen LogP contribution in [0.15, 0.2) is 10.7 Å². The van der Waals surface area contributed by atoms with Crippen LogP contribution in [0.5, 0.6) is 0 Å². The van der Waals surface area contributed by atoms with Gasteiger partial charge in [-0.15, -0.1) is 0 Å². The molecule has 0 amide bonds. The first kappa shape index (κ1) is 13.9. The highest BCUT2D eigenvalue weighted by Gasteiger charge is 2.19. The second kappa shape index (κ2) is 6.56. The molecule has 0 spiro atoms. The number of carbonyl (C=O) groups is 1. The minimum absolute atomic E-state index is 0.227. The molecule has 0 saturated carbocycles. The number of nitrogens with one attached hydrogen (secondary N) is 1. The van der Waals surface area contributed by atoms with Crippen molar-refractivity contribution in [3.05, 3.63) is 12.0 Å². The summed E-state index contributed by atoms with van der Waals surface area (Å²) in [6.45, 7) is 5.10. The van der Waals surface area contributed by atoms with E-state index in [2.05, 4.69) is 10.3 Å². The molecule has 1 aromatic heterocycles. The van der Waals surface area contributed by atoms with Gasteiger partial charge in [-0.25, -0.2) is 4.79 Å². The number of hydrogen-bond acceptors (Lipinski definition) is 6. The van der Waals surface area contributed by atoms with Crippen LogP contribution in [0.2, 0.25) is 0 Å². The average Bonchev–Trinajstić information content (AvgIpc) is 2.90. The molecule has 1 aliphatic heterocycles. The Morgan fingerprint density at radius 3 is 3.21 bits per heavy atom. The van der Waals surface area contributed by atoms with E-state index in [4.69, 9.17) is 9.15 Å². The van der Waals surface area contributed by atoms with Gasteiger partial charge in [0.15, 0.2) is 5.69 Å². The van der Waals surface area contributed by atoms with Crippen molar-refractivity contribution in [3.8, 4) is 0 Å². The predicted molar refractivity (Wildman–Crippen MR) is 71.3 cm³/mol. The lowest BCUT2D eigenvalue weighted by molar-refractivity contribution is 0.0519. The second-order valence-corrected chi connectivity index (χ2v) is 4.83. The highest BCUT2D eigenvalue weighted by Crippen LogP contribution is 2.17. The van der Waals surface area contributed by atoms with Crippen LogP contribution in [0.3, 0.4) is 0 Å². The van der Waals surface area contributed by atoms with Gasteiger partial charge in [0.1, 0.15) is 6.26 Å². The van der Waals surface area contributed by atoms with Gasteiger partial charge in [0.25, 0.3) is 6.01 Å². The molecule has 0 aliphatic carbocycles. The van der Waals surface area contributed by atoms with E-state index >= 15 is 0 Å². The average molecular weight is 267 g/mol. The van der Waals surface area contributed by atoms with Crippen molar-refractivity contribution in [3.63, 3.8) is 0 Å². The molecule has 1 N–H and O–H groups in total. The number of hydrogen-bond donors (Lipinski definition) is 1. The highest BCUT2D eigenvalue weighted by molar-refractivity contribution is 5.87. The maximum Gasteiger partial charge on any atom is 0.360 e. The third-order valence-corrected chi connectivity index (χ3v) is 3.23. The van der Waals surface area contributed by atoms with Crippen molar-refractivity contribution in [2.24, 2.45) is 5.92 Å². The van der Waals surface area contributed by atoms with Gasteiger partial charge in [-0.2, -0.15) is 4.98 Å². The SMILES string of the molecule is CCOC(=O)c1coc(N(C)CC2CCCNC2)n1. The second-order valence-electron chi connectivity index (χ2n) is 4.83. The van der Waals surface area contributed by atoms with E-state index in [-0.39, 0.29) is 5.69 Å². The van der Waals surface area contributed by atoms with Crippen LogP contribution in [0.4, 0.5) is 6.01 Å². The summed E-state index contributed by atoms with van der Waals surface area (Å²) in [7, 11) is 1.93. The summed E-state index contributed by atoms with van der Waals surface area (Å²) < 4.78 is 10.2. The normalized spacial score (nSPS) is 19.2. The number of aromatic nitrogens is 1. The molecule has 1 aliphatic rings. The minimum atomic E-state index is -0.440. The fourth-order valence-electron chi connectivity index (χ4n) is 2.28. The Labute approximate surface area is 113 Å². The summed E-state index contributed by atoms with van der Waals surface area (Å²) in [5, 5.41) is 3.38. The number of anilines is 1. The van der Waals surface area contributed by atoms with Crippen molar-refractivity contribution in [2.45, 2.75) is 19.8 Å². The van der Waals surface area contributed by atoms with E-state index in [1.165, 1.54) is 19.1 Å². The lowest BCUT2D eigenvalue weighted by atomic mass is 9.99.